The molecule has 0 aliphatic carbocycles. The highest BCUT2D eigenvalue weighted by atomic mass is 16.3. The molecule has 0 saturated heterocycles. The van der Waals surface area contributed by atoms with Gasteiger partial charge in [0.25, 0.3) is 0 Å². The Bertz CT molecular complexity index is 4130. The molecule has 290 valence electrons. The molecule has 0 N–H and O–H groups in total. The fourth-order valence-corrected chi connectivity index (χ4v) is 11.1. The van der Waals surface area contributed by atoms with Crippen molar-refractivity contribution in [2.24, 2.45) is 0 Å². The van der Waals surface area contributed by atoms with Gasteiger partial charge in [-0.3, -0.25) is 0 Å². The molecular weight excluding hydrogens is 761 g/mol. The molecule has 0 aliphatic heterocycles. The van der Waals surface area contributed by atoms with E-state index in [2.05, 4.69) is 218 Å². The fraction of sp³-hybridized carbons (Fsp3) is 0. The van der Waals surface area contributed by atoms with Crippen molar-refractivity contribution in [2.45, 2.75) is 0 Å². The molecule has 1 nitrogen and oxygen atoms in total. The smallest absolute Gasteiger partial charge is 0.136 e. The summed E-state index contributed by atoms with van der Waals surface area (Å²) in [6.07, 6.45) is 0. The lowest BCUT2D eigenvalue weighted by atomic mass is 9.81. The Hall–Kier alpha value is -8.26. The van der Waals surface area contributed by atoms with Crippen LogP contribution in [0.25, 0.3) is 141 Å². The monoisotopic (exact) mass is 796 g/mol. The van der Waals surface area contributed by atoms with E-state index < -0.39 is 0 Å². The lowest BCUT2D eigenvalue weighted by molar-refractivity contribution is 0.669. The van der Waals surface area contributed by atoms with Gasteiger partial charge in [-0.25, -0.2) is 0 Å². The topological polar surface area (TPSA) is 13.1 Å². The first-order chi connectivity index (χ1) is 31.3. The van der Waals surface area contributed by atoms with Crippen molar-refractivity contribution < 1.29 is 4.42 Å². The van der Waals surface area contributed by atoms with E-state index in [1.165, 1.54) is 120 Å². The van der Waals surface area contributed by atoms with Crippen LogP contribution < -0.4 is 0 Å². The van der Waals surface area contributed by atoms with Gasteiger partial charge in [0.1, 0.15) is 11.2 Å². The molecule has 0 saturated carbocycles. The third kappa shape index (κ3) is 4.93. The van der Waals surface area contributed by atoms with Crippen molar-refractivity contribution in [3.63, 3.8) is 0 Å². The van der Waals surface area contributed by atoms with Gasteiger partial charge in [-0.05, 0) is 156 Å². The second kappa shape index (κ2) is 13.1. The number of fused-ring (bicyclic) bond motifs is 14. The molecule has 14 aromatic rings. The summed E-state index contributed by atoms with van der Waals surface area (Å²) >= 11 is 0. The van der Waals surface area contributed by atoms with Gasteiger partial charge < -0.3 is 4.42 Å². The normalized spacial score (nSPS) is 12.1. The number of furan rings is 1. The third-order valence-corrected chi connectivity index (χ3v) is 13.8. The van der Waals surface area contributed by atoms with Crippen LogP contribution in [0.1, 0.15) is 0 Å². The second-order valence-electron chi connectivity index (χ2n) is 17.0. The van der Waals surface area contributed by atoms with E-state index in [0.29, 0.717) is 0 Å². The van der Waals surface area contributed by atoms with Crippen LogP contribution in [0.5, 0.6) is 0 Å². The Morgan fingerprint density at radius 1 is 0.190 bits per heavy atom. The summed E-state index contributed by atoms with van der Waals surface area (Å²) < 4.78 is 6.76. The molecule has 0 atom stereocenters. The summed E-state index contributed by atoms with van der Waals surface area (Å²) in [5, 5.41) is 22.2. The van der Waals surface area contributed by atoms with E-state index in [1.807, 2.05) is 0 Å². The maximum atomic E-state index is 6.76. The van der Waals surface area contributed by atoms with Crippen LogP contribution in [0.4, 0.5) is 0 Å². The fourth-order valence-electron chi connectivity index (χ4n) is 11.1. The average Bonchev–Trinajstić information content (AvgIpc) is 3.71. The number of benzene rings is 13. The van der Waals surface area contributed by atoms with Crippen LogP contribution >= 0.6 is 0 Å². The summed E-state index contributed by atoms with van der Waals surface area (Å²) in [6, 6.07) is 80.6. The Kier molecular flexibility index (Phi) is 7.17. The number of hydrogen-bond donors (Lipinski definition) is 0. The van der Waals surface area contributed by atoms with Crippen LogP contribution in [-0.4, -0.2) is 0 Å². The summed E-state index contributed by atoms with van der Waals surface area (Å²) in [5.74, 6) is 0. The summed E-state index contributed by atoms with van der Waals surface area (Å²) in [5.41, 5.74) is 9.26. The lowest BCUT2D eigenvalue weighted by Crippen LogP contribution is -1.94. The van der Waals surface area contributed by atoms with E-state index in [-0.39, 0.29) is 0 Å². The Morgan fingerprint density at radius 3 is 1.06 bits per heavy atom. The van der Waals surface area contributed by atoms with E-state index in [0.717, 1.165) is 21.9 Å². The van der Waals surface area contributed by atoms with Gasteiger partial charge in [0.2, 0.25) is 0 Å². The van der Waals surface area contributed by atoms with Gasteiger partial charge in [-0.15, -0.1) is 0 Å². The van der Waals surface area contributed by atoms with Crippen molar-refractivity contribution in [2.75, 3.05) is 0 Å². The van der Waals surface area contributed by atoms with Gasteiger partial charge >= 0.3 is 0 Å². The molecule has 1 heteroatoms. The van der Waals surface area contributed by atoms with Crippen molar-refractivity contribution >= 4 is 108 Å². The van der Waals surface area contributed by atoms with Crippen molar-refractivity contribution in [1.82, 2.24) is 0 Å². The Labute approximate surface area is 362 Å². The largest absolute Gasteiger partial charge is 0.456 e. The van der Waals surface area contributed by atoms with Gasteiger partial charge in [0.05, 0.1) is 0 Å². The number of rotatable bonds is 3. The first-order valence-corrected chi connectivity index (χ1v) is 21.8. The molecule has 1 heterocycles. The molecule has 13 aromatic carbocycles. The summed E-state index contributed by atoms with van der Waals surface area (Å²) in [4.78, 5) is 0. The first kappa shape index (κ1) is 34.5. The standard InChI is InChI=1S/C62H36O/c1-2-16-37(17-3-1)59-43-22-8-12-26-47(43)61(48-27-13-9-23-44(48)59)62-49-28-14-10-24-45(49)60(46-25-11-15-29-50(46)62)40-30-31-57-55(34-40)56-35-53-52-33-39-19-5-4-18-38(39)32-51(52)41-20-6-7-21-42(41)54(53)36-58(56)63-57/h1-36H. The third-order valence-electron chi connectivity index (χ3n) is 13.8. The molecule has 14 rings (SSSR count). The highest BCUT2D eigenvalue weighted by molar-refractivity contribution is 6.32. The molecular formula is C62H36O. The van der Waals surface area contributed by atoms with Gasteiger partial charge in [0.15, 0.2) is 0 Å². The van der Waals surface area contributed by atoms with Crippen LogP contribution in [-0.2, 0) is 0 Å². The minimum atomic E-state index is 0.893. The minimum absolute atomic E-state index is 0.893. The van der Waals surface area contributed by atoms with E-state index >= 15 is 0 Å². The van der Waals surface area contributed by atoms with E-state index in [1.54, 1.807) is 0 Å². The van der Waals surface area contributed by atoms with Gasteiger partial charge in [0, 0.05) is 10.8 Å². The minimum Gasteiger partial charge on any atom is -0.456 e. The summed E-state index contributed by atoms with van der Waals surface area (Å²) in [7, 11) is 0. The van der Waals surface area contributed by atoms with Crippen LogP contribution in [0.2, 0.25) is 0 Å². The first-order valence-electron chi connectivity index (χ1n) is 21.8. The molecule has 0 unspecified atom stereocenters. The lowest BCUT2D eigenvalue weighted by Gasteiger charge is -2.22. The number of hydrogen-bond acceptors (Lipinski definition) is 1. The maximum Gasteiger partial charge on any atom is 0.136 e. The van der Waals surface area contributed by atoms with Crippen LogP contribution in [0.3, 0.4) is 0 Å². The average molecular weight is 797 g/mol. The zero-order chi connectivity index (χ0) is 41.2. The predicted octanol–water partition coefficient (Wildman–Crippen LogP) is 17.8. The quantitative estimate of drug-likeness (QED) is 0.128. The zero-order valence-electron chi connectivity index (χ0n) is 34.2. The molecule has 0 amide bonds. The Morgan fingerprint density at radius 2 is 0.556 bits per heavy atom. The molecule has 0 aliphatic rings. The molecule has 0 fully saturated rings. The maximum absolute atomic E-state index is 6.76. The molecule has 0 bridgehead atoms. The molecule has 0 spiro atoms. The van der Waals surface area contributed by atoms with Crippen molar-refractivity contribution in [3.05, 3.63) is 218 Å². The highest BCUT2D eigenvalue weighted by Crippen LogP contribution is 2.51. The van der Waals surface area contributed by atoms with Crippen LogP contribution in [0.15, 0.2) is 223 Å². The van der Waals surface area contributed by atoms with Gasteiger partial charge in [-0.2, -0.15) is 0 Å². The Balaban J connectivity index is 1.06. The van der Waals surface area contributed by atoms with E-state index in [9.17, 15) is 0 Å². The zero-order valence-corrected chi connectivity index (χ0v) is 34.2. The van der Waals surface area contributed by atoms with E-state index in [4.69, 9.17) is 4.42 Å². The second-order valence-corrected chi connectivity index (χ2v) is 17.0. The van der Waals surface area contributed by atoms with Crippen molar-refractivity contribution in [3.8, 4) is 33.4 Å². The molecule has 0 radical (unpaired) electrons. The van der Waals surface area contributed by atoms with Crippen molar-refractivity contribution in [1.29, 1.82) is 0 Å². The summed E-state index contributed by atoms with van der Waals surface area (Å²) in [6.45, 7) is 0. The molecule has 1 aromatic heterocycles. The predicted molar refractivity (Wildman–Crippen MR) is 270 cm³/mol. The van der Waals surface area contributed by atoms with Gasteiger partial charge in [-0.1, -0.05) is 182 Å². The SMILES string of the molecule is c1ccc(-c2c3ccccc3c(-c3c4ccccc4c(-c4ccc5oc6cc7c8ccccc8c8cc9ccccc9cc8c7cc6c5c4)c4ccccc34)c3ccccc23)cc1. The molecule has 63 heavy (non-hydrogen) atoms. The highest BCUT2D eigenvalue weighted by Gasteiger charge is 2.23. The van der Waals surface area contributed by atoms with Crippen LogP contribution in [0, 0.1) is 0 Å².